The fraction of sp³-hybridized carbons (Fsp3) is 0.333. The highest BCUT2D eigenvalue weighted by molar-refractivity contribution is 5.48. The fourth-order valence-corrected chi connectivity index (χ4v) is 1.60. The highest BCUT2D eigenvalue weighted by Gasteiger charge is 2.02. The maximum Gasteiger partial charge on any atom is 0.122 e. The molecule has 1 unspecified atom stereocenters. The van der Waals surface area contributed by atoms with Gasteiger partial charge in [0.1, 0.15) is 11.5 Å². The number of benzene rings is 1. The molecule has 0 saturated carbocycles. The number of nitrogens with one attached hydrogen (secondary N) is 1. The summed E-state index contributed by atoms with van der Waals surface area (Å²) >= 11 is 0. The molecule has 0 saturated heterocycles. The van der Waals surface area contributed by atoms with Gasteiger partial charge in [-0.05, 0) is 37.6 Å². The van der Waals surface area contributed by atoms with Gasteiger partial charge >= 0.3 is 0 Å². The lowest BCUT2D eigenvalue weighted by Gasteiger charge is -2.13. The number of hydrogen-bond acceptors (Lipinski definition) is 3. The molecule has 3 heteroatoms. The van der Waals surface area contributed by atoms with Crippen LogP contribution in [0.2, 0.25) is 0 Å². The predicted octanol–water partition coefficient (Wildman–Crippen LogP) is 4.07. The van der Waals surface area contributed by atoms with Gasteiger partial charge in [0.2, 0.25) is 0 Å². The van der Waals surface area contributed by atoms with Crippen LogP contribution in [-0.4, -0.2) is 6.10 Å². The van der Waals surface area contributed by atoms with Crippen LogP contribution in [0.4, 0.5) is 5.69 Å². The maximum atomic E-state index is 5.78. The van der Waals surface area contributed by atoms with Gasteiger partial charge in [-0.25, -0.2) is 0 Å². The molecule has 0 aliphatic heterocycles. The van der Waals surface area contributed by atoms with E-state index in [-0.39, 0.29) is 6.10 Å². The summed E-state index contributed by atoms with van der Waals surface area (Å²) in [6, 6.07) is 11.8. The van der Waals surface area contributed by atoms with Crippen LogP contribution < -0.4 is 10.1 Å². The smallest absolute Gasteiger partial charge is 0.122 e. The van der Waals surface area contributed by atoms with Crippen molar-refractivity contribution in [3.8, 4) is 5.75 Å². The van der Waals surface area contributed by atoms with E-state index in [0.29, 0.717) is 6.54 Å². The summed E-state index contributed by atoms with van der Waals surface area (Å²) in [6.45, 7) is 4.87. The summed E-state index contributed by atoms with van der Waals surface area (Å²) in [6.07, 6.45) is 2.93. The SMILES string of the molecule is CCC(C)Oc1cccc(NCc2ccco2)c1. The van der Waals surface area contributed by atoms with Crippen molar-refractivity contribution in [1.29, 1.82) is 0 Å². The van der Waals surface area contributed by atoms with Crippen molar-refractivity contribution in [3.05, 3.63) is 48.4 Å². The molecule has 0 spiro atoms. The van der Waals surface area contributed by atoms with Gasteiger partial charge in [-0.3, -0.25) is 0 Å². The van der Waals surface area contributed by atoms with E-state index in [4.69, 9.17) is 9.15 Å². The lowest BCUT2D eigenvalue weighted by Crippen LogP contribution is -2.09. The Bertz CT molecular complexity index is 465. The molecular weight excluding hydrogens is 226 g/mol. The van der Waals surface area contributed by atoms with Gasteiger partial charge in [0.25, 0.3) is 0 Å². The van der Waals surface area contributed by atoms with Gasteiger partial charge in [-0.15, -0.1) is 0 Å². The van der Waals surface area contributed by atoms with Crippen LogP contribution in [0.3, 0.4) is 0 Å². The topological polar surface area (TPSA) is 34.4 Å². The van der Waals surface area contributed by atoms with Crippen LogP contribution >= 0.6 is 0 Å². The van der Waals surface area contributed by atoms with Crippen molar-refractivity contribution in [2.45, 2.75) is 32.9 Å². The molecule has 0 fully saturated rings. The van der Waals surface area contributed by atoms with E-state index in [1.807, 2.05) is 36.4 Å². The Morgan fingerprint density at radius 1 is 1.28 bits per heavy atom. The largest absolute Gasteiger partial charge is 0.491 e. The summed E-state index contributed by atoms with van der Waals surface area (Å²) in [7, 11) is 0. The zero-order valence-corrected chi connectivity index (χ0v) is 10.8. The average Bonchev–Trinajstić information content (AvgIpc) is 2.90. The second-order valence-corrected chi connectivity index (χ2v) is 4.30. The minimum atomic E-state index is 0.241. The zero-order chi connectivity index (χ0) is 12.8. The first-order valence-corrected chi connectivity index (χ1v) is 6.31. The Hall–Kier alpha value is -1.90. The third-order valence-corrected chi connectivity index (χ3v) is 2.79. The molecule has 1 N–H and O–H groups in total. The summed E-state index contributed by atoms with van der Waals surface area (Å²) in [4.78, 5) is 0. The number of rotatable bonds is 6. The van der Waals surface area contributed by atoms with E-state index in [1.165, 1.54) is 0 Å². The molecule has 2 rings (SSSR count). The van der Waals surface area contributed by atoms with E-state index in [9.17, 15) is 0 Å². The van der Waals surface area contributed by atoms with E-state index in [0.717, 1.165) is 23.6 Å². The minimum absolute atomic E-state index is 0.241. The van der Waals surface area contributed by atoms with Gasteiger partial charge in [-0.2, -0.15) is 0 Å². The maximum absolute atomic E-state index is 5.78. The van der Waals surface area contributed by atoms with Crippen LogP contribution in [0.1, 0.15) is 26.0 Å². The molecule has 3 nitrogen and oxygen atoms in total. The number of furan rings is 1. The second-order valence-electron chi connectivity index (χ2n) is 4.30. The van der Waals surface area contributed by atoms with Crippen LogP contribution in [0.25, 0.3) is 0 Å². The molecular formula is C15H19NO2. The molecule has 2 aromatic rings. The molecule has 1 aromatic carbocycles. The van der Waals surface area contributed by atoms with Crippen LogP contribution in [0, 0.1) is 0 Å². The Balaban J connectivity index is 1.94. The third kappa shape index (κ3) is 3.55. The van der Waals surface area contributed by atoms with Gasteiger partial charge in [0.15, 0.2) is 0 Å². The van der Waals surface area contributed by atoms with Gasteiger partial charge in [0, 0.05) is 11.8 Å². The highest BCUT2D eigenvalue weighted by atomic mass is 16.5. The molecule has 18 heavy (non-hydrogen) atoms. The Morgan fingerprint density at radius 2 is 2.17 bits per heavy atom. The first-order chi connectivity index (χ1) is 8.78. The Kier molecular flexibility index (Phi) is 4.29. The van der Waals surface area contributed by atoms with Crippen LogP contribution in [0.5, 0.6) is 5.75 Å². The molecule has 0 amide bonds. The van der Waals surface area contributed by atoms with Crippen molar-refractivity contribution in [2.75, 3.05) is 5.32 Å². The molecule has 0 aliphatic rings. The van der Waals surface area contributed by atoms with Gasteiger partial charge in [-0.1, -0.05) is 13.0 Å². The van der Waals surface area contributed by atoms with Crippen molar-refractivity contribution in [2.24, 2.45) is 0 Å². The Morgan fingerprint density at radius 3 is 2.89 bits per heavy atom. The first kappa shape index (κ1) is 12.6. The number of hydrogen-bond donors (Lipinski definition) is 1. The average molecular weight is 245 g/mol. The van der Waals surface area contributed by atoms with Gasteiger partial charge in [0.05, 0.1) is 18.9 Å². The quantitative estimate of drug-likeness (QED) is 0.833. The third-order valence-electron chi connectivity index (χ3n) is 2.79. The molecule has 1 atom stereocenters. The number of ether oxygens (including phenoxy) is 1. The van der Waals surface area contributed by atoms with Crippen molar-refractivity contribution >= 4 is 5.69 Å². The zero-order valence-electron chi connectivity index (χ0n) is 10.8. The predicted molar refractivity (Wildman–Crippen MR) is 72.9 cm³/mol. The Labute approximate surface area is 108 Å². The lowest BCUT2D eigenvalue weighted by molar-refractivity contribution is 0.217. The molecule has 0 bridgehead atoms. The van der Waals surface area contributed by atoms with Crippen molar-refractivity contribution in [3.63, 3.8) is 0 Å². The van der Waals surface area contributed by atoms with Crippen LogP contribution in [-0.2, 0) is 6.54 Å². The molecule has 1 heterocycles. The normalized spacial score (nSPS) is 12.1. The fourth-order valence-electron chi connectivity index (χ4n) is 1.60. The van der Waals surface area contributed by atoms with Crippen molar-refractivity contribution < 1.29 is 9.15 Å². The van der Waals surface area contributed by atoms with E-state index in [2.05, 4.69) is 19.2 Å². The standard InChI is InChI=1S/C15H19NO2/c1-3-12(2)18-14-7-4-6-13(10-14)16-11-15-8-5-9-17-15/h4-10,12,16H,3,11H2,1-2H3. The summed E-state index contributed by atoms with van der Waals surface area (Å²) in [5.74, 6) is 1.82. The van der Waals surface area contributed by atoms with E-state index >= 15 is 0 Å². The second kappa shape index (κ2) is 6.15. The highest BCUT2D eigenvalue weighted by Crippen LogP contribution is 2.19. The molecule has 1 aromatic heterocycles. The summed E-state index contributed by atoms with van der Waals surface area (Å²) in [5, 5.41) is 3.30. The minimum Gasteiger partial charge on any atom is -0.491 e. The summed E-state index contributed by atoms with van der Waals surface area (Å²) < 4.78 is 11.1. The monoisotopic (exact) mass is 245 g/mol. The first-order valence-electron chi connectivity index (χ1n) is 6.31. The van der Waals surface area contributed by atoms with E-state index in [1.54, 1.807) is 6.26 Å². The van der Waals surface area contributed by atoms with Gasteiger partial charge < -0.3 is 14.5 Å². The molecule has 96 valence electrons. The van der Waals surface area contributed by atoms with E-state index < -0.39 is 0 Å². The number of anilines is 1. The molecule has 0 radical (unpaired) electrons. The van der Waals surface area contributed by atoms with Crippen molar-refractivity contribution in [1.82, 2.24) is 0 Å². The lowest BCUT2D eigenvalue weighted by atomic mass is 10.2. The molecule has 0 aliphatic carbocycles. The summed E-state index contributed by atoms with van der Waals surface area (Å²) in [5.41, 5.74) is 1.03. The van der Waals surface area contributed by atoms with Crippen LogP contribution in [0.15, 0.2) is 47.1 Å².